The van der Waals surface area contributed by atoms with Gasteiger partial charge >= 0.3 is 0 Å². The molecule has 0 aliphatic carbocycles. The van der Waals surface area contributed by atoms with Gasteiger partial charge < -0.3 is 16.0 Å². The van der Waals surface area contributed by atoms with E-state index >= 15 is 0 Å². The Bertz CT molecular complexity index is 1460. The predicted octanol–water partition coefficient (Wildman–Crippen LogP) is 6.85. The van der Waals surface area contributed by atoms with Crippen LogP contribution >= 0.6 is 11.6 Å². The number of nitrogens with zero attached hydrogens (tertiary/aromatic N) is 2. The van der Waals surface area contributed by atoms with Crippen LogP contribution in [-0.2, 0) is 4.79 Å². The first-order valence-corrected chi connectivity index (χ1v) is 12.3. The number of carbonyl (C=O) groups excluding carboxylic acids is 1. The summed E-state index contributed by atoms with van der Waals surface area (Å²) >= 11 is 6.55. The molecule has 3 N–H and O–H groups in total. The van der Waals surface area contributed by atoms with Gasteiger partial charge in [0.1, 0.15) is 17.7 Å². The number of allylic oxidation sites excluding steroid dienone is 1. The molecule has 0 bridgehead atoms. The van der Waals surface area contributed by atoms with Crippen molar-refractivity contribution in [2.75, 3.05) is 10.6 Å². The van der Waals surface area contributed by atoms with E-state index in [-0.39, 0.29) is 11.7 Å². The molecule has 0 spiro atoms. The van der Waals surface area contributed by atoms with Crippen LogP contribution in [0.15, 0.2) is 81.9 Å². The number of aliphatic imine (C=N–C) groups is 2. The van der Waals surface area contributed by atoms with Gasteiger partial charge in [0.25, 0.3) is 5.91 Å². The van der Waals surface area contributed by atoms with Gasteiger partial charge in [-0.15, -0.1) is 0 Å². The Morgan fingerprint density at radius 3 is 2.46 bits per heavy atom. The molecule has 3 aromatic carbocycles. The van der Waals surface area contributed by atoms with Crippen LogP contribution in [0.25, 0.3) is 0 Å². The molecule has 8 heteroatoms. The lowest BCUT2D eigenvalue weighted by molar-refractivity contribution is -0.113. The number of nitrogens with one attached hydrogen (secondary N) is 3. The third kappa shape index (κ3) is 6.06. The third-order valence-electron chi connectivity index (χ3n) is 6.09. The number of guanidine groups is 1. The molecule has 0 radical (unpaired) electrons. The molecule has 6 nitrogen and oxygen atoms in total. The molecule has 37 heavy (non-hydrogen) atoms. The first-order chi connectivity index (χ1) is 17.6. The summed E-state index contributed by atoms with van der Waals surface area (Å²) in [4.78, 5) is 22.9. The average Bonchev–Trinajstić information content (AvgIpc) is 2.83. The standard InChI is InChI=1S/C29H29ClFN5O/c1-16-10-11-17(2)25(14-16)35-28(37)26-19(4)32-29(36-27(26)22-8-6-7-9-23(22)30)34-20(5)33-24-13-12-21(31)15-18(24)3/h6-15,27H,1-5H3,(H,35,37)(H2,32,33,34,36). The number of halogens is 2. The number of hydrogen-bond acceptors (Lipinski definition) is 4. The molecule has 4 rings (SSSR count). The van der Waals surface area contributed by atoms with E-state index in [9.17, 15) is 9.18 Å². The number of amides is 1. The average molecular weight is 518 g/mol. The van der Waals surface area contributed by atoms with E-state index in [1.165, 1.54) is 12.1 Å². The Kier molecular flexibility index (Phi) is 7.74. The van der Waals surface area contributed by atoms with Gasteiger partial charge in [-0.1, -0.05) is 41.9 Å². The van der Waals surface area contributed by atoms with Gasteiger partial charge in [-0.2, -0.15) is 0 Å². The molecule has 1 aliphatic rings. The van der Waals surface area contributed by atoms with Crippen LogP contribution in [0.4, 0.5) is 15.8 Å². The molecular weight excluding hydrogens is 489 g/mol. The first-order valence-electron chi connectivity index (χ1n) is 11.9. The Labute approximate surface area is 221 Å². The van der Waals surface area contributed by atoms with Crippen molar-refractivity contribution in [2.45, 2.75) is 40.7 Å². The van der Waals surface area contributed by atoms with E-state index in [0.717, 1.165) is 28.1 Å². The van der Waals surface area contributed by atoms with Crippen molar-refractivity contribution in [3.05, 3.63) is 105 Å². The number of amidine groups is 1. The molecule has 1 aliphatic heterocycles. The van der Waals surface area contributed by atoms with Gasteiger partial charge in [0.15, 0.2) is 0 Å². The molecule has 1 atom stereocenters. The largest absolute Gasteiger partial charge is 0.344 e. The smallest absolute Gasteiger partial charge is 0.255 e. The number of aryl methyl sites for hydroxylation is 3. The second kappa shape index (κ2) is 11.0. The van der Waals surface area contributed by atoms with E-state index in [4.69, 9.17) is 16.6 Å². The van der Waals surface area contributed by atoms with Crippen molar-refractivity contribution >= 4 is 40.7 Å². The monoisotopic (exact) mass is 517 g/mol. The van der Waals surface area contributed by atoms with Gasteiger partial charge in [0.2, 0.25) is 5.96 Å². The number of rotatable bonds is 4. The van der Waals surface area contributed by atoms with Gasteiger partial charge in [-0.05, 0) is 81.6 Å². The Balaban J connectivity index is 1.68. The first kappa shape index (κ1) is 26.1. The Hall–Kier alpha value is -3.97. The van der Waals surface area contributed by atoms with Crippen LogP contribution in [0.1, 0.15) is 42.1 Å². The van der Waals surface area contributed by atoms with Crippen LogP contribution in [0.5, 0.6) is 0 Å². The summed E-state index contributed by atoms with van der Waals surface area (Å²) in [6.45, 7) is 9.35. The van der Waals surface area contributed by atoms with Gasteiger partial charge in [0, 0.05) is 27.7 Å². The highest BCUT2D eigenvalue weighted by Gasteiger charge is 2.31. The van der Waals surface area contributed by atoms with Crippen LogP contribution in [-0.4, -0.2) is 17.7 Å². The zero-order chi connectivity index (χ0) is 26.7. The van der Waals surface area contributed by atoms with Crippen molar-refractivity contribution < 1.29 is 9.18 Å². The summed E-state index contributed by atoms with van der Waals surface area (Å²) in [7, 11) is 0. The Morgan fingerprint density at radius 2 is 1.73 bits per heavy atom. The maximum Gasteiger partial charge on any atom is 0.255 e. The molecule has 0 aromatic heterocycles. The fourth-order valence-corrected chi connectivity index (χ4v) is 4.38. The maximum absolute atomic E-state index is 13.6. The number of benzene rings is 3. The van der Waals surface area contributed by atoms with Crippen molar-refractivity contribution in [1.29, 1.82) is 0 Å². The lowest BCUT2D eigenvalue weighted by Gasteiger charge is -2.26. The lowest BCUT2D eigenvalue weighted by atomic mass is 9.95. The summed E-state index contributed by atoms with van der Waals surface area (Å²) in [6.07, 6.45) is 0. The molecule has 0 saturated carbocycles. The Morgan fingerprint density at radius 1 is 0.973 bits per heavy atom. The third-order valence-corrected chi connectivity index (χ3v) is 6.44. The lowest BCUT2D eigenvalue weighted by Crippen LogP contribution is -2.33. The fraction of sp³-hybridized carbons (Fsp3) is 0.207. The molecule has 1 amide bonds. The highest BCUT2D eigenvalue weighted by atomic mass is 35.5. The van der Waals surface area contributed by atoms with Crippen LogP contribution < -0.4 is 16.0 Å². The second-order valence-electron chi connectivity index (χ2n) is 9.09. The molecule has 1 heterocycles. The molecule has 3 aromatic rings. The van der Waals surface area contributed by atoms with Crippen molar-refractivity contribution in [2.24, 2.45) is 9.98 Å². The van der Waals surface area contributed by atoms with Crippen molar-refractivity contribution in [1.82, 2.24) is 5.32 Å². The van der Waals surface area contributed by atoms with Gasteiger partial charge in [-0.25, -0.2) is 14.4 Å². The van der Waals surface area contributed by atoms with E-state index in [1.807, 2.05) is 64.1 Å². The van der Waals surface area contributed by atoms with Crippen LogP contribution in [0, 0.1) is 26.6 Å². The summed E-state index contributed by atoms with van der Waals surface area (Å²) in [6, 6.07) is 17.1. The summed E-state index contributed by atoms with van der Waals surface area (Å²) < 4.78 is 13.5. The van der Waals surface area contributed by atoms with E-state index < -0.39 is 6.04 Å². The molecule has 0 saturated heterocycles. The zero-order valence-corrected chi connectivity index (χ0v) is 22.2. The molecule has 190 valence electrons. The summed E-state index contributed by atoms with van der Waals surface area (Å²) in [5.74, 6) is 0.309. The second-order valence-corrected chi connectivity index (χ2v) is 9.50. The minimum atomic E-state index is -0.667. The highest BCUT2D eigenvalue weighted by Crippen LogP contribution is 2.35. The SMILES string of the molecule is CC1=C(C(=O)Nc2cc(C)ccc2C)C(c2ccccc2Cl)N=C(/N=C(/C)Nc2ccc(F)cc2C)N1. The molecule has 1 unspecified atom stereocenters. The summed E-state index contributed by atoms with van der Waals surface area (Å²) in [5, 5.41) is 9.89. The topological polar surface area (TPSA) is 77.9 Å². The van der Waals surface area contributed by atoms with Crippen LogP contribution in [0.3, 0.4) is 0 Å². The highest BCUT2D eigenvalue weighted by molar-refractivity contribution is 6.31. The molecular formula is C29H29ClFN5O. The number of anilines is 2. The normalized spacial score (nSPS) is 15.7. The van der Waals surface area contributed by atoms with Crippen molar-refractivity contribution in [3.8, 4) is 0 Å². The zero-order valence-electron chi connectivity index (χ0n) is 21.4. The van der Waals surface area contributed by atoms with Crippen molar-refractivity contribution in [3.63, 3.8) is 0 Å². The number of hydrogen-bond donors (Lipinski definition) is 3. The quantitative estimate of drug-likeness (QED) is 0.261. The minimum absolute atomic E-state index is 0.271. The molecule has 0 fully saturated rings. The van der Waals surface area contributed by atoms with Gasteiger partial charge in [-0.3, -0.25) is 4.79 Å². The van der Waals surface area contributed by atoms with E-state index in [2.05, 4.69) is 20.9 Å². The predicted molar refractivity (Wildman–Crippen MR) is 150 cm³/mol. The number of carbonyl (C=O) groups is 1. The minimum Gasteiger partial charge on any atom is -0.344 e. The summed E-state index contributed by atoms with van der Waals surface area (Å²) in [5.41, 5.74) is 6.01. The van der Waals surface area contributed by atoms with E-state index in [0.29, 0.717) is 33.7 Å². The van der Waals surface area contributed by atoms with Crippen LogP contribution in [0.2, 0.25) is 5.02 Å². The maximum atomic E-state index is 13.6. The van der Waals surface area contributed by atoms with E-state index in [1.54, 1.807) is 19.1 Å². The van der Waals surface area contributed by atoms with Gasteiger partial charge in [0.05, 0.1) is 5.57 Å². The fourth-order valence-electron chi connectivity index (χ4n) is 4.14.